The van der Waals surface area contributed by atoms with E-state index in [1.807, 2.05) is 50.3 Å². The van der Waals surface area contributed by atoms with E-state index in [9.17, 15) is 13.2 Å². The van der Waals surface area contributed by atoms with Crippen LogP contribution in [0.2, 0.25) is 0 Å². The van der Waals surface area contributed by atoms with E-state index in [0.717, 1.165) is 16.7 Å². The first-order valence-electron chi connectivity index (χ1n) is 9.57. The van der Waals surface area contributed by atoms with Crippen molar-refractivity contribution in [2.75, 3.05) is 0 Å². The second-order valence-electron chi connectivity index (χ2n) is 7.66. The van der Waals surface area contributed by atoms with E-state index in [2.05, 4.69) is 4.72 Å². The number of carbonyl (C=O) groups excluding carboxylic acids is 1. The SMILES string of the molecule is C/C(=C\CC(C)(NS(=O)(=O)c1ccc(C)cc1)C(=O)OC(C)C)c1ccccc1. The third-order valence-corrected chi connectivity index (χ3v) is 6.14. The number of ether oxygens (including phenoxy) is 1. The first-order chi connectivity index (χ1) is 13.5. The van der Waals surface area contributed by atoms with Crippen molar-refractivity contribution in [1.29, 1.82) is 0 Å². The second kappa shape index (κ2) is 9.37. The van der Waals surface area contributed by atoms with Gasteiger partial charge in [0, 0.05) is 0 Å². The number of carbonyl (C=O) groups is 1. The van der Waals surface area contributed by atoms with Crippen LogP contribution >= 0.6 is 0 Å². The van der Waals surface area contributed by atoms with Crippen molar-refractivity contribution in [2.24, 2.45) is 0 Å². The molecule has 156 valence electrons. The van der Waals surface area contributed by atoms with Gasteiger partial charge < -0.3 is 4.74 Å². The molecule has 0 aliphatic heterocycles. The van der Waals surface area contributed by atoms with Crippen molar-refractivity contribution < 1.29 is 17.9 Å². The fourth-order valence-corrected chi connectivity index (χ4v) is 4.13. The van der Waals surface area contributed by atoms with Crippen LogP contribution < -0.4 is 4.72 Å². The fourth-order valence-electron chi connectivity index (χ4n) is 2.76. The standard InChI is InChI=1S/C23H29NO4S/c1-17(2)28-22(25)23(5,16-15-19(4)20-9-7-6-8-10-20)24-29(26,27)21-13-11-18(3)12-14-21/h6-15,17,24H,16H2,1-5H3/b19-15+. The van der Waals surface area contributed by atoms with Crippen molar-refractivity contribution in [3.05, 3.63) is 71.8 Å². The Balaban J connectivity index is 2.35. The summed E-state index contributed by atoms with van der Waals surface area (Å²) in [5, 5.41) is 0. The predicted molar refractivity (Wildman–Crippen MR) is 116 cm³/mol. The molecular formula is C23H29NO4S. The largest absolute Gasteiger partial charge is 0.462 e. The third-order valence-electron chi connectivity index (χ3n) is 4.53. The van der Waals surface area contributed by atoms with Crippen molar-refractivity contribution in [2.45, 2.75) is 57.6 Å². The molecule has 0 radical (unpaired) electrons. The van der Waals surface area contributed by atoms with Crippen molar-refractivity contribution in [1.82, 2.24) is 4.72 Å². The zero-order valence-electron chi connectivity index (χ0n) is 17.6. The van der Waals surface area contributed by atoms with E-state index in [1.165, 1.54) is 12.1 Å². The minimum Gasteiger partial charge on any atom is -0.462 e. The Morgan fingerprint density at radius 3 is 2.24 bits per heavy atom. The maximum Gasteiger partial charge on any atom is 0.327 e. The molecule has 0 aliphatic rings. The lowest BCUT2D eigenvalue weighted by Gasteiger charge is -2.28. The highest BCUT2D eigenvalue weighted by Crippen LogP contribution is 2.23. The summed E-state index contributed by atoms with van der Waals surface area (Å²) in [6.45, 7) is 8.83. The van der Waals surface area contributed by atoms with Gasteiger partial charge in [-0.1, -0.05) is 54.1 Å². The molecule has 2 aromatic carbocycles. The molecule has 1 N–H and O–H groups in total. The summed E-state index contributed by atoms with van der Waals surface area (Å²) >= 11 is 0. The highest BCUT2D eigenvalue weighted by atomic mass is 32.2. The number of aryl methyl sites for hydroxylation is 1. The number of nitrogens with one attached hydrogen (secondary N) is 1. The Morgan fingerprint density at radius 2 is 1.69 bits per heavy atom. The lowest BCUT2D eigenvalue weighted by Crippen LogP contribution is -2.53. The average molecular weight is 416 g/mol. The van der Waals surface area contributed by atoms with E-state index in [1.54, 1.807) is 32.9 Å². The molecule has 0 saturated heterocycles. The van der Waals surface area contributed by atoms with Gasteiger partial charge in [-0.3, -0.25) is 4.79 Å². The van der Waals surface area contributed by atoms with Gasteiger partial charge in [0.25, 0.3) is 0 Å². The van der Waals surface area contributed by atoms with Crippen LogP contribution in [0.1, 0.15) is 45.2 Å². The zero-order valence-corrected chi connectivity index (χ0v) is 18.4. The zero-order chi connectivity index (χ0) is 21.7. The minimum absolute atomic E-state index is 0.107. The van der Waals surface area contributed by atoms with Crippen molar-refractivity contribution >= 4 is 21.6 Å². The van der Waals surface area contributed by atoms with Crippen LogP contribution in [0.15, 0.2) is 65.6 Å². The van der Waals surface area contributed by atoms with Gasteiger partial charge in [0.2, 0.25) is 10.0 Å². The van der Waals surface area contributed by atoms with Gasteiger partial charge in [0.05, 0.1) is 11.0 Å². The molecule has 1 atom stereocenters. The molecular weight excluding hydrogens is 386 g/mol. The molecule has 0 heterocycles. The van der Waals surface area contributed by atoms with Gasteiger partial charge >= 0.3 is 5.97 Å². The maximum atomic E-state index is 12.9. The molecule has 0 bridgehead atoms. The molecule has 0 saturated carbocycles. The van der Waals surface area contributed by atoms with Gasteiger partial charge in [-0.05, 0) is 64.3 Å². The molecule has 1 unspecified atom stereocenters. The summed E-state index contributed by atoms with van der Waals surface area (Å²) in [6.07, 6.45) is 1.66. The van der Waals surface area contributed by atoms with Gasteiger partial charge in [-0.15, -0.1) is 0 Å². The van der Waals surface area contributed by atoms with Gasteiger partial charge in [0.15, 0.2) is 0 Å². The minimum atomic E-state index is -3.91. The van der Waals surface area contributed by atoms with Crippen LogP contribution in [0.25, 0.3) is 5.57 Å². The summed E-state index contributed by atoms with van der Waals surface area (Å²) in [6, 6.07) is 16.2. The molecule has 0 fully saturated rings. The normalized spacial score (nSPS) is 14.5. The molecule has 0 aromatic heterocycles. The average Bonchev–Trinajstić information content (AvgIpc) is 2.66. The molecule has 0 spiro atoms. The summed E-state index contributed by atoms with van der Waals surface area (Å²) in [5.41, 5.74) is 1.47. The molecule has 6 heteroatoms. The number of esters is 1. The second-order valence-corrected chi connectivity index (χ2v) is 9.34. The molecule has 5 nitrogen and oxygen atoms in total. The monoisotopic (exact) mass is 415 g/mol. The van der Waals surface area contributed by atoms with E-state index >= 15 is 0 Å². The summed E-state index contributed by atoms with van der Waals surface area (Å²) in [4.78, 5) is 12.9. The fraction of sp³-hybridized carbons (Fsp3) is 0.348. The Hall–Kier alpha value is -2.44. The summed E-state index contributed by atoms with van der Waals surface area (Å²) < 4.78 is 33.8. The number of sulfonamides is 1. The van der Waals surface area contributed by atoms with E-state index in [-0.39, 0.29) is 17.4 Å². The highest BCUT2D eigenvalue weighted by molar-refractivity contribution is 7.89. The lowest BCUT2D eigenvalue weighted by molar-refractivity contribution is -0.153. The van der Waals surface area contributed by atoms with Crippen LogP contribution in [-0.2, 0) is 19.6 Å². The molecule has 29 heavy (non-hydrogen) atoms. The quantitative estimate of drug-likeness (QED) is 0.646. The first kappa shape index (κ1) is 22.8. The van der Waals surface area contributed by atoms with Gasteiger partial charge in [-0.25, -0.2) is 8.42 Å². The van der Waals surface area contributed by atoms with Crippen LogP contribution in [0, 0.1) is 6.92 Å². The lowest BCUT2D eigenvalue weighted by atomic mass is 9.96. The number of allylic oxidation sites excluding steroid dienone is 1. The molecule has 0 amide bonds. The first-order valence-corrected chi connectivity index (χ1v) is 11.1. The van der Waals surface area contributed by atoms with Gasteiger partial charge in [-0.2, -0.15) is 4.72 Å². The van der Waals surface area contributed by atoms with Crippen LogP contribution in [0.5, 0.6) is 0 Å². The predicted octanol–water partition coefficient (Wildman–Crippen LogP) is 4.48. The third kappa shape index (κ3) is 6.27. The maximum absolute atomic E-state index is 12.9. The molecule has 2 aromatic rings. The Morgan fingerprint density at radius 1 is 1.10 bits per heavy atom. The van der Waals surface area contributed by atoms with E-state index in [4.69, 9.17) is 4.74 Å². The van der Waals surface area contributed by atoms with Crippen molar-refractivity contribution in [3.8, 4) is 0 Å². The Bertz CT molecular complexity index is 964. The number of hydrogen-bond donors (Lipinski definition) is 1. The van der Waals surface area contributed by atoms with Crippen LogP contribution in [0.4, 0.5) is 0 Å². The van der Waals surface area contributed by atoms with Gasteiger partial charge in [0.1, 0.15) is 5.54 Å². The highest BCUT2D eigenvalue weighted by Gasteiger charge is 2.39. The van der Waals surface area contributed by atoms with E-state index < -0.39 is 21.5 Å². The smallest absolute Gasteiger partial charge is 0.327 e. The number of benzene rings is 2. The number of hydrogen-bond acceptors (Lipinski definition) is 4. The Kier molecular flexibility index (Phi) is 7.38. The molecule has 2 rings (SSSR count). The van der Waals surface area contributed by atoms with Crippen LogP contribution in [-0.4, -0.2) is 26.0 Å². The van der Waals surface area contributed by atoms with Crippen LogP contribution in [0.3, 0.4) is 0 Å². The topological polar surface area (TPSA) is 72.5 Å². The van der Waals surface area contributed by atoms with E-state index in [0.29, 0.717) is 0 Å². The summed E-state index contributed by atoms with van der Waals surface area (Å²) in [5.74, 6) is -0.611. The molecule has 0 aliphatic carbocycles. The number of rotatable bonds is 8. The summed E-state index contributed by atoms with van der Waals surface area (Å²) in [7, 11) is -3.91. The Labute approximate surface area is 173 Å². The van der Waals surface area contributed by atoms with Crippen molar-refractivity contribution in [3.63, 3.8) is 0 Å².